The van der Waals surface area contributed by atoms with E-state index in [2.05, 4.69) is 10.3 Å². The Hall–Kier alpha value is -2.88. The van der Waals surface area contributed by atoms with Crippen molar-refractivity contribution in [2.45, 2.75) is 26.3 Å². The highest BCUT2D eigenvalue weighted by molar-refractivity contribution is 5.86. The number of hydrogen-bond donors (Lipinski definition) is 2. The number of aromatic hydroxyl groups is 1. The predicted molar refractivity (Wildman–Crippen MR) is 94.9 cm³/mol. The summed E-state index contributed by atoms with van der Waals surface area (Å²) in [4.78, 5) is 16.3. The minimum Gasteiger partial charge on any atom is -0.505 e. The molecule has 0 saturated carbocycles. The van der Waals surface area contributed by atoms with E-state index >= 15 is 0 Å². The fourth-order valence-electron chi connectivity index (χ4n) is 2.74. The SMILES string of the molecule is CCC(=O)N[C@H](c1ccc(C)cc1)c1ccc2cccnc2c1O. The average molecular weight is 320 g/mol. The fourth-order valence-corrected chi connectivity index (χ4v) is 2.74. The molecule has 4 heteroatoms. The first-order chi connectivity index (χ1) is 11.6. The fraction of sp³-hybridized carbons (Fsp3) is 0.200. The number of amides is 1. The summed E-state index contributed by atoms with van der Waals surface area (Å²) in [5.41, 5.74) is 3.25. The van der Waals surface area contributed by atoms with E-state index in [-0.39, 0.29) is 11.7 Å². The Morgan fingerprint density at radius 2 is 1.92 bits per heavy atom. The average Bonchev–Trinajstić information content (AvgIpc) is 2.61. The number of carbonyl (C=O) groups excluding carboxylic acids is 1. The van der Waals surface area contributed by atoms with Gasteiger partial charge in [0.15, 0.2) is 0 Å². The Labute approximate surface area is 141 Å². The summed E-state index contributed by atoms with van der Waals surface area (Å²) in [6.45, 7) is 3.82. The molecule has 0 aliphatic rings. The lowest BCUT2D eigenvalue weighted by molar-refractivity contribution is -0.121. The summed E-state index contributed by atoms with van der Waals surface area (Å²) in [7, 11) is 0. The summed E-state index contributed by atoms with van der Waals surface area (Å²) in [6.07, 6.45) is 2.03. The number of nitrogens with zero attached hydrogens (tertiary/aromatic N) is 1. The number of fused-ring (bicyclic) bond motifs is 1. The maximum absolute atomic E-state index is 12.0. The van der Waals surface area contributed by atoms with Crippen molar-refractivity contribution in [1.29, 1.82) is 0 Å². The molecular weight excluding hydrogens is 300 g/mol. The normalized spacial score (nSPS) is 12.1. The van der Waals surface area contributed by atoms with Crippen LogP contribution in [0, 0.1) is 6.92 Å². The van der Waals surface area contributed by atoms with Crippen LogP contribution in [0.3, 0.4) is 0 Å². The molecule has 2 aromatic carbocycles. The minimum atomic E-state index is -0.413. The molecule has 1 heterocycles. The Morgan fingerprint density at radius 3 is 2.62 bits per heavy atom. The second kappa shape index (κ2) is 6.71. The van der Waals surface area contributed by atoms with E-state index in [0.29, 0.717) is 17.5 Å². The van der Waals surface area contributed by atoms with Gasteiger partial charge in [0.25, 0.3) is 0 Å². The second-order valence-corrected chi connectivity index (χ2v) is 5.84. The van der Waals surface area contributed by atoms with E-state index in [1.54, 1.807) is 6.20 Å². The van der Waals surface area contributed by atoms with Crippen LogP contribution in [-0.2, 0) is 4.79 Å². The molecule has 2 N–H and O–H groups in total. The molecule has 1 atom stereocenters. The van der Waals surface area contributed by atoms with Crippen molar-refractivity contribution in [2.75, 3.05) is 0 Å². The van der Waals surface area contributed by atoms with Crippen LogP contribution in [0.15, 0.2) is 54.7 Å². The van der Waals surface area contributed by atoms with Crippen molar-refractivity contribution in [3.05, 3.63) is 71.4 Å². The number of rotatable bonds is 4. The van der Waals surface area contributed by atoms with Crippen molar-refractivity contribution < 1.29 is 9.90 Å². The van der Waals surface area contributed by atoms with Gasteiger partial charge in [-0.1, -0.05) is 55.0 Å². The molecule has 0 radical (unpaired) electrons. The third kappa shape index (κ3) is 3.08. The smallest absolute Gasteiger partial charge is 0.220 e. The van der Waals surface area contributed by atoms with Crippen LogP contribution in [0.25, 0.3) is 10.9 Å². The van der Waals surface area contributed by atoms with Crippen LogP contribution in [0.2, 0.25) is 0 Å². The van der Waals surface area contributed by atoms with Gasteiger partial charge in [-0.25, -0.2) is 0 Å². The molecule has 0 fully saturated rings. The zero-order chi connectivity index (χ0) is 17.1. The van der Waals surface area contributed by atoms with E-state index in [9.17, 15) is 9.90 Å². The largest absolute Gasteiger partial charge is 0.505 e. The Morgan fingerprint density at radius 1 is 1.17 bits per heavy atom. The van der Waals surface area contributed by atoms with Crippen LogP contribution >= 0.6 is 0 Å². The van der Waals surface area contributed by atoms with E-state index in [1.165, 1.54) is 0 Å². The van der Waals surface area contributed by atoms with Gasteiger partial charge in [-0.05, 0) is 18.6 Å². The standard InChI is InChI=1S/C20H20N2O2/c1-3-17(23)22-18(15-8-6-13(2)7-9-15)16-11-10-14-5-4-12-21-19(14)20(16)24/h4-12,18,24H,3H2,1-2H3,(H,22,23)/t18-/m1/s1. The molecule has 122 valence electrons. The number of aromatic nitrogens is 1. The summed E-state index contributed by atoms with van der Waals surface area (Å²) in [6, 6.07) is 15.0. The summed E-state index contributed by atoms with van der Waals surface area (Å²) in [5, 5.41) is 14.6. The van der Waals surface area contributed by atoms with Crippen LogP contribution in [-0.4, -0.2) is 16.0 Å². The Balaban J connectivity index is 2.12. The molecule has 0 spiro atoms. The van der Waals surface area contributed by atoms with Crippen molar-refractivity contribution in [1.82, 2.24) is 10.3 Å². The molecule has 3 aromatic rings. The number of phenols is 1. The maximum atomic E-state index is 12.0. The van der Waals surface area contributed by atoms with Crippen molar-refractivity contribution in [3.63, 3.8) is 0 Å². The van der Waals surface area contributed by atoms with Gasteiger partial charge in [0.05, 0.1) is 6.04 Å². The number of hydrogen-bond acceptors (Lipinski definition) is 3. The van der Waals surface area contributed by atoms with Crippen molar-refractivity contribution in [3.8, 4) is 5.75 Å². The second-order valence-electron chi connectivity index (χ2n) is 5.84. The van der Waals surface area contributed by atoms with Gasteiger partial charge in [0.2, 0.25) is 5.91 Å². The Kier molecular flexibility index (Phi) is 4.47. The van der Waals surface area contributed by atoms with Gasteiger partial charge in [0, 0.05) is 23.6 Å². The molecule has 0 unspecified atom stereocenters. The molecule has 0 bridgehead atoms. The van der Waals surface area contributed by atoms with Crippen LogP contribution in [0.4, 0.5) is 0 Å². The lowest BCUT2D eigenvalue weighted by atomic mass is 9.95. The monoisotopic (exact) mass is 320 g/mol. The van der Waals surface area contributed by atoms with E-state index in [4.69, 9.17) is 0 Å². The summed E-state index contributed by atoms with van der Waals surface area (Å²) >= 11 is 0. The van der Waals surface area contributed by atoms with Crippen molar-refractivity contribution >= 4 is 16.8 Å². The summed E-state index contributed by atoms with van der Waals surface area (Å²) < 4.78 is 0. The Bertz CT molecular complexity index is 872. The molecule has 3 rings (SSSR count). The number of carbonyl (C=O) groups is 1. The number of pyridine rings is 1. The molecule has 24 heavy (non-hydrogen) atoms. The molecule has 1 amide bonds. The van der Waals surface area contributed by atoms with Gasteiger partial charge >= 0.3 is 0 Å². The first-order valence-electron chi connectivity index (χ1n) is 8.02. The lowest BCUT2D eigenvalue weighted by Gasteiger charge is -2.21. The highest BCUT2D eigenvalue weighted by Crippen LogP contribution is 2.34. The molecule has 0 aliphatic heterocycles. The molecule has 4 nitrogen and oxygen atoms in total. The van der Waals surface area contributed by atoms with Crippen LogP contribution in [0.5, 0.6) is 5.75 Å². The van der Waals surface area contributed by atoms with E-state index in [1.807, 2.05) is 62.4 Å². The van der Waals surface area contributed by atoms with Crippen molar-refractivity contribution in [2.24, 2.45) is 0 Å². The molecule has 1 aromatic heterocycles. The van der Waals surface area contributed by atoms with Crippen LogP contribution < -0.4 is 5.32 Å². The first kappa shape index (κ1) is 16.0. The highest BCUT2D eigenvalue weighted by Gasteiger charge is 2.21. The number of phenolic OH excluding ortho intramolecular Hbond substituents is 1. The predicted octanol–water partition coefficient (Wildman–Crippen LogP) is 3.86. The van der Waals surface area contributed by atoms with E-state index < -0.39 is 6.04 Å². The third-order valence-electron chi connectivity index (χ3n) is 4.13. The highest BCUT2D eigenvalue weighted by atomic mass is 16.3. The van der Waals surface area contributed by atoms with Gasteiger partial charge in [-0.2, -0.15) is 0 Å². The number of nitrogens with one attached hydrogen (secondary N) is 1. The molecular formula is C20H20N2O2. The number of benzene rings is 2. The zero-order valence-electron chi connectivity index (χ0n) is 13.8. The van der Waals surface area contributed by atoms with E-state index in [0.717, 1.165) is 16.5 Å². The maximum Gasteiger partial charge on any atom is 0.220 e. The number of aryl methyl sites for hydroxylation is 1. The molecule has 0 saturated heterocycles. The molecule has 0 aliphatic carbocycles. The minimum absolute atomic E-state index is 0.0684. The quantitative estimate of drug-likeness (QED) is 0.767. The first-order valence-corrected chi connectivity index (χ1v) is 8.02. The summed E-state index contributed by atoms with van der Waals surface area (Å²) in [5.74, 6) is 0.0381. The van der Waals surface area contributed by atoms with Gasteiger partial charge in [-0.15, -0.1) is 0 Å². The topological polar surface area (TPSA) is 62.2 Å². The van der Waals surface area contributed by atoms with Gasteiger partial charge < -0.3 is 10.4 Å². The third-order valence-corrected chi connectivity index (χ3v) is 4.13. The lowest BCUT2D eigenvalue weighted by Crippen LogP contribution is -2.28. The van der Waals surface area contributed by atoms with Gasteiger partial charge in [0.1, 0.15) is 11.3 Å². The zero-order valence-corrected chi connectivity index (χ0v) is 13.8. The van der Waals surface area contributed by atoms with Gasteiger partial charge in [-0.3, -0.25) is 9.78 Å². The van der Waals surface area contributed by atoms with Crippen LogP contribution in [0.1, 0.15) is 36.1 Å².